The molecule has 1 fully saturated rings. The van der Waals surface area contributed by atoms with Crippen LogP contribution in [-0.2, 0) is 15.0 Å². The molecule has 0 radical (unpaired) electrons. The van der Waals surface area contributed by atoms with Crippen LogP contribution >= 0.6 is 0 Å². The van der Waals surface area contributed by atoms with E-state index >= 15 is 0 Å². The zero-order valence-corrected chi connectivity index (χ0v) is 12.8. The van der Waals surface area contributed by atoms with Crippen LogP contribution < -0.4 is 4.74 Å². The fourth-order valence-corrected chi connectivity index (χ4v) is 3.16. The number of ether oxygens (including phenoxy) is 1. The molecule has 0 aromatic heterocycles. The third-order valence-corrected chi connectivity index (χ3v) is 4.31. The van der Waals surface area contributed by atoms with Crippen LogP contribution in [0.5, 0.6) is 5.75 Å². The second-order valence-corrected chi connectivity index (χ2v) is 5.67. The maximum absolute atomic E-state index is 12.6. The minimum absolute atomic E-state index is 0.0876. The number of para-hydroxylation sites is 1. The Bertz CT molecular complexity index is 716. The van der Waals surface area contributed by atoms with Gasteiger partial charge < -0.3 is 4.74 Å². The van der Waals surface area contributed by atoms with Gasteiger partial charge in [-0.1, -0.05) is 55.1 Å². The van der Waals surface area contributed by atoms with Crippen molar-refractivity contribution in [3.05, 3.63) is 78.4 Å². The molecule has 0 atom stereocenters. The van der Waals surface area contributed by atoms with Gasteiger partial charge >= 0.3 is 0 Å². The highest BCUT2D eigenvalue weighted by atomic mass is 16.5. The molecule has 0 saturated heterocycles. The molecule has 116 valence electrons. The van der Waals surface area contributed by atoms with E-state index in [0.29, 0.717) is 16.9 Å². The van der Waals surface area contributed by atoms with Gasteiger partial charge in [0.15, 0.2) is 11.6 Å². The quantitative estimate of drug-likeness (QED) is 0.627. The summed E-state index contributed by atoms with van der Waals surface area (Å²) >= 11 is 0. The van der Waals surface area contributed by atoms with E-state index in [1.54, 1.807) is 0 Å². The molecule has 1 aliphatic rings. The van der Waals surface area contributed by atoms with E-state index in [1.807, 2.05) is 60.7 Å². The van der Waals surface area contributed by atoms with Crippen LogP contribution in [0.25, 0.3) is 0 Å². The van der Waals surface area contributed by atoms with Crippen molar-refractivity contribution in [1.82, 2.24) is 0 Å². The van der Waals surface area contributed by atoms with Crippen molar-refractivity contribution >= 4 is 11.6 Å². The maximum Gasteiger partial charge on any atom is 0.155 e. The first kappa shape index (κ1) is 15.2. The highest BCUT2D eigenvalue weighted by Crippen LogP contribution is 2.41. The normalized spacial score (nSPS) is 16.3. The molecule has 3 nitrogen and oxygen atoms in total. The predicted octanol–water partition coefficient (Wildman–Crippen LogP) is 3.49. The molecular formula is C20H18O3. The highest BCUT2D eigenvalue weighted by molar-refractivity contribution is 6.20. The summed E-state index contributed by atoms with van der Waals surface area (Å²) in [6.45, 7) is 4.17. The molecule has 0 heterocycles. The molecule has 0 unspecified atom stereocenters. The molecule has 0 aliphatic heterocycles. The molecular weight excluding hydrogens is 288 g/mol. The van der Waals surface area contributed by atoms with Crippen LogP contribution in [0, 0.1) is 0 Å². The lowest BCUT2D eigenvalue weighted by Crippen LogP contribution is -2.41. The van der Waals surface area contributed by atoms with Crippen molar-refractivity contribution in [2.24, 2.45) is 0 Å². The minimum atomic E-state index is -1.25. The standard InChI is InChI=1S/C20H18O3/c1-15(14-23-17-10-6-3-7-11-17)20(16-8-4-2-5-9-16)18(21)12-13-19(20)22/h2-11H,1,12-14H2. The van der Waals surface area contributed by atoms with E-state index in [1.165, 1.54) is 0 Å². The fourth-order valence-electron chi connectivity index (χ4n) is 3.16. The molecule has 23 heavy (non-hydrogen) atoms. The van der Waals surface area contributed by atoms with Crippen LogP contribution in [0.1, 0.15) is 18.4 Å². The first-order valence-electron chi connectivity index (χ1n) is 7.64. The summed E-state index contributed by atoms with van der Waals surface area (Å²) in [5, 5.41) is 0. The number of hydrogen-bond acceptors (Lipinski definition) is 3. The van der Waals surface area contributed by atoms with E-state index in [0.717, 1.165) is 0 Å². The average Bonchev–Trinajstić information content (AvgIpc) is 2.90. The lowest BCUT2D eigenvalue weighted by Gasteiger charge is -2.29. The third-order valence-electron chi connectivity index (χ3n) is 4.31. The Morgan fingerprint density at radius 1 is 0.913 bits per heavy atom. The number of carbonyl (C=O) groups excluding carboxylic acids is 2. The number of rotatable bonds is 5. The minimum Gasteiger partial charge on any atom is -0.489 e. The largest absolute Gasteiger partial charge is 0.489 e. The van der Waals surface area contributed by atoms with Crippen LogP contribution in [0.4, 0.5) is 0 Å². The van der Waals surface area contributed by atoms with Gasteiger partial charge in [0.2, 0.25) is 0 Å². The summed E-state index contributed by atoms with van der Waals surface area (Å²) in [5.74, 6) is 0.514. The monoisotopic (exact) mass is 306 g/mol. The van der Waals surface area contributed by atoms with Crippen molar-refractivity contribution < 1.29 is 14.3 Å². The number of ketones is 2. The van der Waals surface area contributed by atoms with Gasteiger partial charge in [0, 0.05) is 12.8 Å². The predicted molar refractivity (Wildman–Crippen MR) is 88.4 cm³/mol. The average molecular weight is 306 g/mol. The van der Waals surface area contributed by atoms with Gasteiger partial charge in [-0.05, 0) is 23.3 Å². The summed E-state index contributed by atoms with van der Waals surface area (Å²) in [4.78, 5) is 25.2. The highest BCUT2D eigenvalue weighted by Gasteiger charge is 2.52. The van der Waals surface area contributed by atoms with E-state index in [-0.39, 0.29) is 31.0 Å². The van der Waals surface area contributed by atoms with Gasteiger partial charge in [0.05, 0.1) is 0 Å². The Morgan fingerprint density at radius 3 is 2.00 bits per heavy atom. The summed E-state index contributed by atoms with van der Waals surface area (Å²) in [7, 11) is 0. The third kappa shape index (κ3) is 2.59. The number of hydrogen-bond donors (Lipinski definition) is 0. The topological polar surface area (TPSA) is 43.4 Å². The van der Waals surface area contributed by atoms with E-state index in [2.05, 4.69) is 6.58 Å². The Balaban J connectivity index is 1.92. The molecule has 1 aliphatic carbocycles. The fraction of sp³-hybridized carbons (Fsp3) is 0.200. The Labute approximate surface area is 135 Å². The van der Waals surface area contributed by atoms with Gasteiger partial charge in [-0.15, -0.1) is 0 Å². The first-order chi connectivity index (χ1) is 11.2. The molecule has 3 heteroatoms. The van der Waals surface area contributed by atoms with E-state index < -0.39 is 5.41 Å². The van der Waals surface area contributed by atoms with Gasteiger partial charge in [-0.2, -0.15) is 0 Å². The zero-order valence-electron chi connectivity index (χ0n) is 12.8. The molecule has 0 spiro atoms. The molecule has 2 aromatic carbocycles. The van der Waals surface area contributed by atoms with Crippen LogP contribution in [0.3, 0.4) is 0 Å². The molecule has 1 saturated carbocycles. The molecule has 0 bridgehead atoms. The lowest BCUT2D eigenvalue weighted by molar-refractivity contribution is -0.128. The number of carbonyl (C=O) groups is 2. The first-order valence-corrected chi connectivity index (χ1v) is 7.64. The van der Waals surface area contributed by atoms with Gasteiger partial charge in [0.1, 0.15) is 17.8 Å². The Hall–Kier alpha value is -2.68. The molecule has 2 aromatic rings. The summed E-state index contributed by atoms with van der Waals surface area (Å²) in [6.07, 6.45) is 0.524. The Morgan fingerprint density at radius 2 is 1.43 bits per heavy atom. The van der Waals surface area contributed by atoms with Crippen LogP contribution in [-0.4, -0.2) is 18.2 Å². The van der Waals surface area contributed by atoms with Gasteiger partial charge in [-0.25, -0.2) is 0 Å². The molecule has 0 amide bonds. The number of benzene rings is 2. The van der Waals surface area contributed by atoms with Crippen LogP contribution in [0.2, 0.25) is 0 Å². The second kappa shape index (κ2) is 6.21. The summed E-state index contributed by atoms with van der Waals surface area (Å²) in [5.41, 5.74) is -0.0648. The van der Waals surface area contributed by atoms with Crippen LogP contribution in [0.15, 0.2) is 72.8 Å². The lowest BCUT2D eigenvalue weighted by atomic mass is 9.72. The SMILES string of the molecule is C=C(COc1ccccc1)C1(c2ccccc2)C(=O)CCC1=O. The summed E-state index contributed by atoms with van der Waals surface area (Å²) in [6, 6.07) is 18.5. The van der Waals surface area contributed by atoms with Gasteiger partial charge in [-0.3, -0.25) is 9.59 Å². The molecule has 3 rings (SSSR count). The van der Waals surface area contributed by atoms with Crippen molar-refractivity contribution in [3.63, 3.8) is 0 Å². The Kier molecular flexibility index (Phi) is 4.11. The van der Waals surface area contributed by atoms with Crippen molar-refractivity contribution in [1.29, 1.82) is 0 Å². The zero-order chi connectivity index (χ0) is 16.3. The number of Topliss-reactive ketones (excluding diaryl/α,β-unsaturated/α-hetero) is 2. The van der Waals surface area contributed by atoms with Crippen molar-refractivity contribution in [2.45, 2.75) is 18.3 Å². The van der Waals surface area contributed by atoms with Gasteiger partial charge in [0.25, 0.3) is 0 Å². The summed E-state index contributed by atoms with van der Waals surface area (Å²) < 4.78 is 5.72. The second-order valence-electron chi connectivity index (χ2n) is 5.67. The molecule has 0 N–H and O–H groups in total. The van der Waals surface area contributed by atoms with Crippen molar-refractivity contribution in [3.8, 4) is 5.75 Å². The van der Waals surface area contributed by atoms with E-state index in [9.17, 15) is 9.59 Å². The maximum atomic E-state index is 12.6. The van der Waals surface area contributed by atoms with E-state index in [4.69, 9.17) is 4.74 Å². The smallest absolute Gasteiger partial charge is 0.155 e. The van der Waals surface area contributed by atoms with Crippen molar-refractivity contribution in [2.75, 3.05) is 6.61 Å².